The van der Waals surface area contributed by atoms with Crippen molar-refractivity contribution in [1.82, 2.24) is 0 Å². The minimum absolute atomic E-state index is 0.00434. The third-order valence-corrected chi connectivity index (χ3v) is 9.05. The van der Waals surface area contributed by atoms with Crippen molar-refractivity contribution >= 4 is 20.1 Å². The lowest BCUT2D eigenvalue weighted by atomic mass is 9.96. The number of allylic oxidation sites excluding steroid dienone is 1. The maximum atomic E-state index is 11.8. The second kappa shape index (κ2) is 9.05. The van der Waals surface area contributed by atoms with Crippen molar-refractivity contribution in [3.8, 4) is 0 Å². The molecule has 0 fully saturated rings. The fraction of sp³-hybridized carbons (Fsp3) is 0.647. The molecule has 0 amide bonds. The third kappa shape index (κ3) is 6.71. The number of aliphatic carboxylic acids is 1. The fourth-order valence-corrected chi connectivity index (χ4v) is 5.54. The molecular weight excluding hydrogens is 296 g/mol. The van der Waals surface area contributed by atoms with Crippen LogP contribution in [0.2, 0.25) is 18.1 Å². The van der Waals surface area contributed by atoms with Gasteiger partial charge in [0.25, 0.3) is 0 Å². The van der Waals surface area contributed by atoms with Gasteiger partial charge in [0, 0.05) is 12.5 Å². The number of hydrogen-bond donors (Lipinski definition) is 1. The van der Waals surface area contributed by atoms with Gasteiger partial charge in [-0.25, -0.2) is 4.79 Å². The molecule has 126 valence electrons. The molecule has 4 nitrogen and oxygen atoms in total. The summed E-state index contributed by atoms with van der Waals surface area (Å²) < 4.78 is 6.46. The number of carboxylic acid groups (broad SMARTS) is 1. The summed E-state index contributed by atoms with van der Waals surface area (Å²) in [5.41, 5.74) is -0.202. The van der Waals surface area contributed by atoms with Crippen molar-refractivity contribution in [3.63, 3.8) is 0 Å². The number of carboxylic acids is 1. The molecule has 0 spiro atoms. The van der Waals surface area contributed by atoms with Gasteiger partial charge in [-0.3, -0.25) is 4.79 Å². The summed E-state index contributed by atoms with van der Waals surface area (Å²) in [5.74, 6) is -1.01. The molecule has 0 saturated carbocycles. The highest BCUT2D eigenvalue weighted by Gasteiger charge is 2.37. The topological polar surface area (TPSA) is 63.6 Å². The summed E-state index contributed by atoms with van der Waals surface area (Å²) >= 11 is 0. The Hall–Kier alpha value is -1.20. The van der Waals surface area contributed by atoms with Gasteiger partial charge in [-0.05, 0) is 50.0 Å². The zero-order chi connectivity index (χ0) is 17.4. The minimum atomic E-state index is -1.90. The van der Waals surface area contributed by atoms with Gasteiger partial charge < -0.3 is 9.53 Å². The standard InChI is InChI=1S/C17H30O4Si/c1-7-22(8-2,9-3)21-17(6,13-11-16(19)20)12-10-15(18)14(4)5/h11,13H,4,7-10,12H2,1-3,5-6H3,(H,19,20)/b13-11+/t17-/m1/s1. The van der Waals surface area contributed by atoms with Crippen molar-refractivity contribution in [2.75, 3.05) is 0 Å². The maximum Gasteiger partial charge on any atom is 0.328 e. The van der Waals surface area contributed by atoms with Gasteiger partial charge in [-0.15, -0.1) is 0 Å². The average Bonchev–Trinajstić information content (AvgIpc) is 2.48. The van der Waals surface area contributed by atoms with E-state index in [9.17, 15) is 9.59 Å². The van der Waals surface area contributed by atoms with E-state index in [4.69, 9.17) is 9.53 Å². The Balaban J connectivity index is 5.28. The van der Waals surface area contributed by atoms with Crippen LogP contribution >= 0.6 is 0 Å². The minimum Gasteiger partial charge on any atom is -0.478 e. The lowest BCUT2D eigenvalue weighted by molar-refractivity contribution is -0.131. The predicted octanol–water partition coefficient (Wildman–Crippen LogP) is 4.33. The van der Waals surface area contributed by atoms with E-state index >= 15 is 0 Å². The van der Waals surface area contributed by atoms with Crippen LogP contribution in [-0.2, 0) is 14.0 Å². The van der Waals surface area contributed by atoms with Crippen molar-refractivity contribution in [2.45, 2.75) is 71.2 Å². The fourth-order valence-electron chi connectivity index (χ4n) is 2.45. The maximum absolute atomic E-state index is 11.8. The monoisotopic (exact) mass is 326 g/mol. The second-order valence-electron chi connectivity index (χ2n) is 6.03. The Morgan fingerprint density at radius 1 is 1.23 bits per heavy atom. The molecule has 0 aromatic heterocycles. The van der Waals surface area contributed by atoms with Crippen LogP contribution in [0.15, 0.2) is 24.3 Å². The number of carbonyl (C=O) groups excluding carboxylic acids is 1. The van der Waals surface area contributed by atoms with Crippen LogP contribution in [0.25, 0.3) is 0 Å². The molecule has 0 heterocycles. The van der Waals surface area contributed by atoms with E-state index in [-0.39, 0.29) is 5.78 Å². The molecule has 0 aliphatic carbocycles. The van der Waals surface area contributed by atoms with Gasteiger partial charge in [0.05, 0.1) is 5.60 Å². The van der Waals surface area contributed by atoms with Crippen molar-refractivity contribution in [3.05, 3.63) is 24.3 Å². The van der Waals surface area contributed by atoms with Crippen LogP contribution in [0.4, 0.5) is 0 Å². The summed E-state index contributed by atoms with van der Waals surface area (Å²) in [7, 11) is -1.90. The lowest BCUT2D eigenvalue weighted by Crippen LogP contribution is -2.45. The molecular formula is C17H30O4Si. The lowest BCUT2D eigenvalue weighted by Gasteiger charge is -2.39. The summed E-state index contributed by atoms with van der Waals surface area (Å²) in [6.07, 6.45) is 3.49. The summed E-state index contributed by atoms with van der Waals surface area (Å²) in [6, 6.07) is 2.93. The van der Waals surface area contributed by atoms with E-state index in [2.05, 4.69) is 27.4 Å². The second-order valence-corrected chi connectivity index (χ2v) is 10.7. The summed E-state index contributed by atoms with van der Waals surface area (Å²) in [4.78, 5) is 22.7. The van der Waals surface area contributed by atoms with Crippen LogP contribution in [0.5, 0.6) is 0 Å². The summed E-state index contributed by atoms with van der Waals surface area (Å²) in [6.45, 7) is 13.6. The Labute approximate surface area is 135 Å². The van der Waals surface area contributed by atoms with E-state index in [1.807, 2.05) is 6.92 Å². The van der Waals surface area contributed by atoms with Gasteiger partial charge in [0.2, 0.25) is 0 Å². The Kier molecular flexibility index (Phi) is 8.56. The number of ketones is 1. The summed E-state index contributed by atoms with van der Waals surface area (Å²) in [5, 5.41) is 8.90. The van der Waals surface area contributed by atoms with Gasteiger partial charge >= 0.3 is 5.97 Å². The molecule has 0 radical (unpaired) electrons. The average molecular weight is 327 g/mol. The van der Waals surface area contributed by atoms with Crippen LogP contribution < -0.4 is 0 Å². The van der Waals surface area contributed by atoms with Crippen LogP contribution in [0.3, 0.4) is 0 Å². The van der Waals surface area contributed by atoms with E-state index in [1.54, 1.807) is 13.0 Å². The first kappa shape index (κ1) is 20.8. The molecule has 1 atom stereocenters. The molecule has 0 aromatic rings. The molecule has 0 unspecified atom stereocenters. The van der Waals surface area contributed by atoms with Crippen molar-refractivity contribution in [2.24, 2.45) is 0 Å². The molecule has 0 saturated heterocycles. The number of hydrogen-bond acceptors (Lipinski definition) is 3. The first-order chi connectivity index (χ1) is 10.1. The van der Waals surface area contributed by atoms with Gasteiger partial charge in [-0.1, -0.05) is 27.4 Å². The highest BCUT2D eigenvalue weighted by molar-refractivity contribution is 6.73. The van der Waals surface area contributed by atoms with E-state index in [0.717, 1.165) is 24.2 Å². The zero-order valence-corrected chi connectivity index (χ0v) is 15.6. The normalized spacial score (nSPS) is 14.8. The van der Waals surface area contributed by atoms with Gasteiger partial charge in [0.1, 0.15) is 0 Å². The first-order valence-corrected chi connectivity index (χ1v) is 10.5. The van der Waals surface area contributed by atoms with E-state index in [1.165, 1.54) is 0 Å². The molecule has 0 bridgehead atoms. The van der Waals surface area contributed by atoms with Crippen molar-refractivity contribution < 1.29 is 19.1 Å². The predicted molar refractivity (Wildman–Crippen MR) is 92.5 cm³/mol. The highest BCUT2D eigenvalue weighted by atomic mass is 28.4. The van der Waals surface area contributed by atoms with Gasteiger partial charge in [-0.2, -0.15) is 0 Å². The van der Waals surface area contributed by atoms with Crippen LogP contribution in [0, 0.1) is 0 Å². The Morgan fingerprint density at radius 3 is 2.09 bits per heavy atom. The van der Waals surface area contributed by atoms with E-state index in [0.29, 0.717) is 18.4 Å². The van der Waals surface area contributed by atoms with Crippen LogP contribution in [0.1, 0.15) is 47.5 Å². The molecule has 0 rings (SSSR count). The van der Waals surface area contributed by atoms with Gasteiger partial charge in [0.15, 0.2) is 14.1 Å². The Morgan fingerprint density at radius 2 is 1.73 bits per heavy atom. The highest BCUT2D eigenvalue weighted by Crippen LogP contribution is 2.31. The zero-order valence-electron chi connectivity index (χ0n) is 14.6. The smallest absolute Gasteiger partial charge is 0.328 e. The Bertz CT molecular complexity index is 430. The number of Topliss-reactive ketones (excluding diaryl/α,β-unsaturated/α-hetero) is 1. The third-order valence-electron chi connectivity index (χ3n) is 4.29. The number of rotatable bonds is 11. The SMILES string of the molecule is C=C(C)C(=O)CC[C@](C)(/C=C/C(=O)O)O[Si](CC)(CC)CC. The van der Waals surface area contributed by atoms with E-state index < -0.39 is 19.9 Å². The quantitative estimate of drug-likeness (QED) is 0.453. The first-order valence-electron chi connectivity index (χ1n) is 7.94. The molecule has 1 N–H and O–H groups in total. The molecule has 22 heavy (non-hydrogen) atoms. The molecule has 0 aliphatic heterocycles. The number of carbonyl (C=O) groups is 2. The van der Waals surface area contributed by atoms with Crippen molar-refractivity contribution in [1.29, 1.82) is 0 Å². The molecule has 0 aromatic carbocycles. The molecule has 5 heteroatoms. The largest absolute Gasteiger partial charge is 0.478 e. The molecule has 0 aliphatic rings. The van der Waals surface area contributed by atoms with Crippen LogP contribution in [-0.4, -0.2) is 30.8 Å².